The smallest absolute Gasteiger partial charge is 0.135 e. The third-order valence-corrected chi connectivity index (χ3v) is 3.55. The summed E-state index contributed by atoms with van der Waals surface area (Å²) in [4.78, 5) is 14.3. The van der Waals surface area contributed by atoms with Crippen LogP contribution in [0.1, 0.15) is 30.1 Å². The lowest BCUT2D eigenvalue weighted by atomic mass is 10.3. The molecule has 0 spiro atoms. The average Bonchev–Trinajstić information content (AvgIpc) is 2.93. The molecule has 0 amide bonds. The summed E-state index contributed by atoms with van der Waals surface area (Å²) in [6, 6.07) is 0. The second-order valence-electron chi connectivity index (χ2n) is 4.17. The summed E-state index contributed by atoms with van der Waals surface area (Å²) < 4.78 is 0. The molecule has 0 aromatic carbocycles. The van der Waals surface area contributed by atoms with Crippen LogP contribution in [0, 0.1) is 6.92 Å². The Balaban J connectivity index is 2.20. The van der Waals surface area contributed by atoms with Gasteiger partial charge < -0.3 is 10.6 Å². The van der Waals surface area contributed by atoms with Gasteiger partial charge in [-0.1, -0.05) is 6.92 Å². The SMILES string of the molecule is CCNc1nc(CC)nc(NCc2cncs2)c1C. The summed E-state index contributed by atoms with van der Waals surface area (Å²) in [5.74, 6) is 2.67. The van der Waals surface area contributed by atoms with Gasteiger partial charge in [-0.3, -0.25) is 4.98 Å². The number of anilines is 2. The van der Waals surface area contributed by atoms with Crippen LogP contribution in [0.15, 0.2) is 11.7 Å². The molecule has 19 heavy (non-hydrogen) atoms. The van der Waals surface area contributed by atoms with Crippen molar-refractivity contribution in [1.82, 2.24) is 15.0 Å². The van der Waals surface area contributed by atoms with E-state index in [1.54, 1.807) is 11.3 Å². The Morgan fingerprint density at radius 3 is 2.47 bits per heavy atom. The van der Waals surface area contributed by atoms with Crippen LogP contribution in [0.2, 0.25) is 0 Å². The van der Waals surface area contributed by atoms with Gasteiger partial charge >= 0.3 is 0 Å². The highest BCUT2D eigenvalue weighted by Gasteiger charge is 2.09. The van der Waals surface area contributed by atoms with E-state index in [1.807, 2.05) is 18.6 Å². The number of rotatable bonds is 6. The normalized spacial score (nSPS) is 10.5. The summed E-state index contributed by atoms with van der Waals surface area (Å²) in [5.41, 5.74) is 2.90. The van der Waals surface area contributed by atoms with Crippen molar-refractivity contribution in [3.63, 3.8) is 0 Å². The van der Waals surface area contributed by atoms with E-state index in [-0.39, 0.29) is 0 Å². The van der Waals surface area contributed by atoms with Gasteiger partial charge in [0.05, 0.1) is 12.1 Å². The molecule has 5 nitrogen and oxygen atoms in total. The Kier molecular flexibility index (Phi) is 4.68. The van der Waals surface area contributed by atoms with Gasteiger partial charge in [-0.2, -0.15) is 0 Å². The van der Waals surface area contributed by atoms with E-state index < -0.39 is 0 Å². The first-order valence-corrected chi connectivity index (χ1v) is 7.35. The summed E-state index contributed by atoms with van der Waals surface area (Å²) in [6.07, 6.45) is 2.70. The highest BCUT2D eigenvalue weighted by molar-refractivity contribution is 7.09. The van der Waals surface area contributed by atoms with E-state index in [0.717, 1.165) is 42.5 Å². The predicted octanol–water partition coefficient (Wildman–Crippen LogP) is 2.85. The van der Waals surface area contributed by atoms with Gasteiger partial charge in [-0.15, -0.1) is 11.3 Å². The number of aryl methyl sites for hydroxylation is 1. The topological polar surface area (TPSA) is 62.7 Å². The molecule has 2 N–H and O–H groups in total. The highest BCUT2D eigenvalue weighted by Crippen LogP contribution is 2.21. The molecule has 0 radical (unpaired) electrons. The monoisotopic (exact) mass is 277 g/mol. The standard InChI is InChI=1S/C13H19N5S/c1-4-11-17-12(15-5-2)9(3)13(18-11)16-7-10-6-14-8-19-10/h6,8H,4-5,7H2,1-3H3,(H2,15,16,17,18). The molecule has 0 saturated carbocycles. The number of hydrogen-bond acceptors (Lipinski definition) is 6. The maximum absolute atomic E-state index is 4.56. The molecule has 0 saturated heterocycles. The Labute approximate surface area is 117 Å². The second-order valence-corrected chi connectivity index (χ2v) is 5.14. The molecular formula is C13H19N5S. The molecule has 2 aromatic rings. The molecule has 102 valence electrons. The van der Waals surface area contributed by atoms with Crippen LogP contribution in [0.4, 0.5) is 11.6 Å². The summed E-state index contributed by atoms with van der Waals surface area (Å²) in [6.45, 7) is 7.77. The fourth-order valence-corrected chi connectivity index (χ4v) is 2.27. The quantitative estimate of drug-likeness (QED) is 0.850. The number of nitrogens with zero attached hydrogens (tertiary/aromatic N) is 3. The lowest BCUT2D eigenvalue weighted by molar-refractivity contribution is 0.920. The van der Waals surface area contributed by atoms with Crippen molar-refractivity contribution >= 4 is 23.0 Å². The summed E-state index contributed by atoms with van der Waals surface area (Å²) in [5, 5.41) is 6.65. The van der Waals surface area contributed by atoms with Crippen molar-refractivity contribution in [3.8, 4) is 0 Å². The maximum Gasteiger partial charge on any atom is 0.135 e. The van der Waals surface area contributed by atoms with Crippen molar-refractivity contribution in [1.29, 1.82) is 0 Å². The number of nitrogens with one attached hydrogen (secondary N) is 2. The van der Waals surface area contributed by atoms with E-state index in [4.69, 9.17) is 0 Å². The summed E-state index contributed by atoms with van der Waals surface area (Å²) in [7, 11) is 0. The molecule has 2 aromatic heterocycles. The third-order valence-electron chi connectivity index (χ3n) is 2.77. The maximum atomic E-state index is 4.56. The Morgan fingerprint density at radius 2 is 1.89 bits per heavy atom. The van der Waals surface area contributed by atoms with E-state index in [2.05, 4.69) is 39.4 Å². The van der Waals surface area contributed by atoms with E-state index in [0.29, 0.717) is 0 Å². The average molecular weight is 277 g/mol. The molecule has 0 aliphatic carbocycles. The minimum Gasteiger partial charge on any atom is -0.370 e. The van der Waals surface area contributed by atoms with Crippen molar-refractivity contribution in [2.24, 2.45) is 0 Å². The summed E-state index contributed by atoms with van der Waals surface area (Å²) >= 11 is 1.64. The predicted molar refractivity (Wildman–Crippen MR) is 79.8 cm³/mol. The third kappa shape index (κ3) is 3.41. The Hall–Kier alpha value is -1.69. The zero-order valence-corrected chi connectivity index (χ0v) is 12.3. The molecule has 0 atom stereocenters. The van der Waals surface area contributed by atoms with E-state index in [1.165, 1.54) is 4.88 Å². The van der Waals surface area contributed by atoms with Crippen LogP contribution in [0.5, 0.6) is 0 Å². The molecule has 2 rings (SSSR count). The highest BCUT2D eigenvalue weighted by atomic mass is 32.1. The van der Waals surface area contributed by atoms with Gasteiger partial charge in [-0.25, -0.2) is 9.97 Å². The van der Waals surface area contributed by atoms with Crippen molar-refractivity contribution in [3.05, 3.63) is 28.0 Å². The Morgan fingerprint density at radius 1 is 1.16 bits per heavy atom. The number of thiazole rings is 1. The molecule has 0 aliphatic rings. The van der Waals surface area contributed by atoms with Gasteiger partial charge in [0.2, 0.25) is 0 Å². The molecule has 0 unspecified atom stereocenters. The van der Waals surface area contributed by atoms with Crippen molar-refractivity contribution in [2.45, 2.75) is 33.7 Å². The van der Waals surface area contributed by atoms with Gasteiger partial charge in [-0.05, 0) is 13.8 Å². The molecule has 6 heteroatoms. The van der Waals surface area contributed by atoms with E-state index in [9.17, 15) is 0 Å². The zero-order chi connectivity index (χ0) is 13.7. The molecule has 0 aliphatic heterocycles. The lowest BCUT2D eigenvalue weighted by Crippen LogP contribution is -2.10. The lowest BCUT2D eigenvalue weighted by Gasteiger charge is -2.13. The van der Waals surface area contributed by atoms with Gasteiger partial charge in [0.25, 0.3) is 0 Å². The van der Waals surface area contributed by atoms with Crippen LogP contribution in [-0.2, 0) is 13.0 Å². The molecular weight excluding hydrogens is 258 g/mol. The van der Waals surface area contributed by atoms with Crippen LogP contribution in [-0.4, -0.2) is 21.5 Å². The first kappa shape index (κ1) is 13.7. The first-order valence-electron chi connectivity index (χ1n) is 6.47. The minimum atomic E-state index is 0.747. The zero-order valence-electron chi connectivity index (χ0n) is 11.5. The fourth-order valence-electron chi connectivity index (χ4n) is 1.73. The van der Waals surface area contributed by atoms with Crippen molar-refractivity contribution in [2.75, 3.05) is 17.2 Å². The van der Waals surface area contributed by atoms with Gasteiger partial charge in [0.15, 0.2) is 0 Å². The van der Waals surface area contributed by atoms with Crippen LogP contribution in [0.3, 0.4) is 0 Å². The van der Waals surface area contributed by atoms with E-state index >= 15 is 0 Å². The molecule has 0 fully saturated rings. The first-order chi connectivity index (χ1) is 9.24. The van der Waals surface area contributed by atoms with Crippen LogP contribution >= 0.6 is 11.3 Å². The second kappa shape index (κ2) is 6.47. The Bertz CT molecular complexity index is 524. The number of aromatic nitrogens is 3. The number of hydrogen-bond donors (Lipinski definition) is 2. The minimum absolute atomic E-state index is 0.747. The van der Waals surface area contributed by atoms with Crippen molar-refractivity contribution < 1.29 is 0 Å². The molecule has 0 bridgehead atoms. The van der Waals surface area contributed by atoms with Crippen LogP contribution in [0.25, 0.3) is 0 Å². The van der Waals surface area contributed by atoms with Crippen LogP contribution < -0.4 is 10.6 Å². The largest absolute Gasteiger partial charge is 0.370 e. The van der Waals surface area contributed by atoms with Gasteiger partial charge in [0, 0.05) is 29.6 Å². The fraction of sp³-hybridized carbons (Fsp3) is 0.462. The van der Waals surface area contributed by atoms with Gasteiger partial charge in [0.1, 0.15) is 17.5 Å². The molecule has 2 heterocycles.